The lowest BCUT2D eigenvalue weighted by Crippen LogP contribution is -2.25. The van der Waals surface area contributed by atoms with Gasteiger partial charge in [0.05, 0.1) is 0 Å². The summed E-state index contributed by atoms with van der Waals surface area (Å²) in [4.78, 5) is 22.7. The van der Waals surface area contributed by atoms with Crippen LogP contribution in [0.4, 0.5) is 4.39 Å². The topological polar surface area (TPSA) is 46.2 Å². The quantitative estimate of drug-likeness (QED) is 0.867. The summed E-state index contributed by atoms with van der Waals surface area (Å²) in [5, 5.41) is 2.84. The Bertz CT molecular complexity index is 442. The van der Waals surface area contributed by atoms with Gasteiger partial charge in [-0.15, -0.1) is 0 Å². The SMILES string of the molecule is O=C(CCC1CCC(=O)N1)Cc1ccc(F)cc1. The summed E-state index contributed by atoms with van der Waals surface area (Å²) in [7, 11) is 0. The van der Waals surface area contributed by atoms with Gasteiger partial charge in [-0.25, -0.2) is 4.39 Å². The van der Waals surface area contributed by atoms with Crippen LogP contribution < -0.4 is 5.32 Å². The summed E-state index contributed by atoms with van der Waals surface area (Å²) in [5.41, 5.74) is 0.830. The summed E-state index contributed by atoms with van der Waals surface area (Å²) in [6, 6.07) is 6.13. The molecule has 1 atom stereocenters. The molecule has 1 amide bonds. The molecule has 1 N–H and O–H groups in total. The van der Waals surface area contributed by atoms with Gasteiger partial charge in [0, 0.05) is 25.3 Å². The van der Waals surface area contributed by atoms with Crippen molar-refractivity contribution in [3.8, 4) is 0 Å². The fourth-order valence-electron chi connectivity index (χ4n) is 2.15. The third-order valence-corrected chi connectivity index (χ3v) is 3.17. The van der Waals surface area contributed by atoms with Gasteiger partial charge in [-0.05, 0) is 30.5 Å². The number of hydrogen-bond acceptors (Lipinski definition) is 2. The van der Waals surface area contributed by atoms with Gasteiger partial charge < -0.3 is 5.32 Å². The smallest absolute Gasteiger partial charge is 0.220 e. The lowest BCUT2D eigenvalue weighted by molar-refractivity contribution is -0.120. The minimum atomic E-state index is -0.292. The zero-order valence-corrected chi connectivity index (χ0v) is 10.1. The van der Waals surface area contributed by atoms with E-state index in [0.29, 0.717) is 25.7 Å². The molecule has 1 aliphatic heterocycles. The summed E-state index contributed by atoms with van der Waals surface area (Å²) in [6.45, 7) is 0. The summed E-state index contributed by atoms with van der Waals surface area (Å²) >= 11 is 0. The van der Waals surface area contributed by atoms with Gasteiger partial charge in [0.15, 0.2) is 0 Å². The lowest BCUT2D eigenvalue weighted by Gasteiger charge is -2.08. The first kappa shape index (κ1) is 12.7. The molecule has 0 radical (unpaired) electrons. The second-order valence-electron chi connectivity index (χ2n) is 4.68. The van der Waals surface area contributed by atoms with E-state index in [2.05, 4.69) is 5.32 Å². The van der Waals surface area contributed by atoms with Crippen LogP contribution in [0.5, 0.6) is 0 Å². The van der Waals surface area contributed by atoms with Crippen LogP contribution in [0, 0.1) is 5.82 Å². The number of benzene rings is 1. The van der Waals surface area contributed by atoms with Crippen molar-refractivity contribution in [1.82, 2.24) is 5.32 Å². The number of ketones is 1. The van der Waals surface area contributed by atoms with Crippen LogP contribution >= 0.6 is 0 Å². The average Bonchev–Trinajstić information content (AvgIpc) is 2.76. The molecule has 4 heteroatoms. The average molecular weight is 249 g/mol. The molecule has 1 aromatic rings. The van der Waals surface area contributed by atoms with E-state index in [4.69, 9.17) is 0 Å². The third kappa shape index (κ3) is 3.65. The molecule has 0 spiro atoms. The van der Waals surface area contributed by atoms with Crippen molar-refractivity contribution >= 4 is 11.7 Å². The molecule has 0 aromatic heterocycles. The van der Waals surface area contributed by atoms with E-state index < -0.39 is 0 Å². The van der Waals surface area contributed by atoms with E-state index in [0.717, 1.165) is 12.0 Å². The fourth-order valence-corrected chi connectivity index (χ4v) is 2.15. The monoisotopic (exact) mass is 249 g/mol. The van der Waals surface area contributed by atoms with Crippen molar-refractivity contribution in [2.24, 2.45) is 0 Å². The first-order chi connectivity index (χ1) is 8.63. The number of carbonyl (C=O) groups excluding carboxylic acids is 2. The van der Waals surface area contributed by atoms with Crippen LogP contribution in [0.1, 0.15) is 31.2 Å². The number of halogens is 1. The number of nitrogens with one attached hydrogen (secondary N) is 1. The Kier molecular flexibility index (Phi) is 4.07. The molecule has 1 unspecified atom stereocenters. The van der Waals surface area contributed by atoms with E-state index in [1.54, 1.807) is 12.1 Å². The van der Waals surface area contributed by atoms with Crippen molar-refractivity contribution in [2.45, 2.75) is 38.1 Å². The second-order valence-corrected chi connectivity index (χ2v) is 4.68. The molecule has 18 heavy (non-hydrogen) atoms. The molecule has 1 fully saturated rings. The van der Waals surface area contributed by atoms with Crippen LogP contribution in [0.25, 0.3) is 0 Å². The van der Waals surface area contributed by atoms with E-state index in [-0.39, 0.29) is 23.5 Å². The highest BCUT2D eigenvalue weighted by Gasteiger charge is 2.21. The number of hydrogen-bond donors (Lipinski definition) is 1. The number of Topliss-reactive ketones (excluding diaryl/α,β-unsaturated/α-hetero) is 1. The maximum absolute atomic E-state index is 12.7. The first-order valence-electron chi connectivity index (χ1n) is 6.19. The van der Waals surface area contributed by atoms with Crippen LogP contribution in [-0.4, -0.2) is 17.7 Å². The zero-order chi connectivity index (χ0) is 13.0. The van der Waals surface area contributed by atoms with Crippen molar-refractivity contribution in [3.05, 3.63) is 35.6 Å². The highest BCUT2D eigenvalue weighted by molar-refractivity contribution is 5.81. The molecule has 2 rings (SSSR count). The Hall–Kier alpha value is -1.71. The van der Waals surface area contributed by atoms with E-state index in [1.807, 2.05) is 0 Å². The number of carbonyl (C=O) groups is 2. The number of rotatable bonds is 5. The lowest BCUT2D eigenvalue weighted by atomic mass is 10.0. The normalized spacial score (nSPS) is 18.7. The molecule has 1 heterocycles. The van der Waals surface area contributed by atoms with Crippen molar-refractivity contribution < 1.29 is 14.0 Å². The largest absolute Gasteiger partial charge is 0.353 e. The summed E-state index contributed by atoms with van der Waals surface area (Å²) < 4.78 is 12.7. The maximum Gasteiger partial charge on any atom is 0.220 e. The van der Waals surface area contributed by atoms with E-state index in [9.17, 15) is 14.0 Å². The Labute approximate surface area is 105 Å². The van der Waals surface area contributed by atoms with Gasteiger partial charge in [0.1, 0.15) is 11.6 Å². The van der Waals surface area contributed by atoms with Crippen molar-refractivity contribution in [3.63, 3.8) is 0 Å². The molecule has 96 valence electrons. The Morgan fingerprint density at radius 1 is 1.33 bits per heavy atom. The molecule has 0 bridgehead atoms. The van der Waals surface area contributed by atoms with Gasteiger partial charge in [0.2, 0.25) is 5.91 Å². The number of amides is 1. The van der Waals surface area contributed by atoms with Gasteiger partial charge in [-0.2, -0.15) is 0 Å². The first-order valence-corrected chi connectivity index (χ1v) is 6.19. The minimum absolute atomic E-state index is 0.0750. The fraction of sp³-hybridized carbons (Fsp3) is 0.429. The molecule has 0 aliphatic carbocycles. The molecule has 0 saturated carbocycles. The Morgan fingerprint density at radius 3 is 2.67 bits per heavy atom. The van der Waals surface area contributed by atoms with Crippen LogP contribution in [0.15, 0.2) is 24.3 Å². The maximum atomic E-state index is 12.7. The van der Waals surface area contributed by atoms with Crippen LogP contribution in [0.2, 0.25) is 0 Å². The van der Waals surface area contributed by atoms with Crippen LogP contribution in [0.3, 0.4) is 0 Å². The molecule has 3 nitrogen and oxygen atoms in total. The van der Waals surface area contributed by atoms with Gasteiger partial charge in [-0.1, -0.05) is 12.1 Å². The van der Waals surface area contributed by atoms with Gasteiger partial charge in [-0.3, -0.25) is 9.59 Å². The molecule has 1 aromatic carbocycles. The van der Waals surface area contributed by atoms with Crippen molar-refractivity contribution in [2.75, 3.05) is 0 Å². The summed E-state index contributed by atoms with van der Waals surface area (Å²) in [5.74, 6) is -0.0893. The third-order valence-electron chi connectivity index (χ3n) is 3.17. The van der Waals surface area contributed by atoms with E-state index >= 15 is 0 Å². The Morgan fingerprint density at radius 2 is 2.06 bits per heavy atom. The van der Waals surface area contributed by atoms with Crippen molar-refractivity contribution in [1.29, 1.82) is 0 Å². The highest BCUT2D eigenvalue weighted by Crippen LogP contribution is 2.13. The molecular weight excluding hydrogens is 233 g/mol. The Balaban J connectivity index is 1.75. The van der Waals surface area contributed by atoms with Crippen LogP contribution in [-0.2, 0) is 16.0 Å². The highest BCUT2D eigenvalue weighted by atomic mass is 19.1. The second kappa shape index (κ2) is 5.76. The van der Waals surface area contributed by atoms with Gasteiger partial charge >= 0.3 is 0 Å². The summed E-state index contributed by atoms with van der Waals surface area (Å²) in [6.07, 6.45) is 2.88. The molecular formula is C14H16FNO2. The van der Waals surface area contributed by atoms with Gasteiger partial charge in [0.25, 0.3) is 0 Å². The zero-order valence-electron chi connectivity index (χ0n) is 10.1. The molecule has 1 aliphatic rings. The molecule has 1 saturated heterocycles. The minimum Gasteiger partial charge on any atom is -0.353 e. The van der Waals surface area contributed by atoms with E-state index in [1.165, 1.54) is 12.1 Å². The predicted molar refractivity (Wildman–Crippen MR) is 65.5 cm³/mol. The predicted octanol–water partition coefficient (Wildman–Crippen LogP) is 2.00. The standard InChI is InChI=1S/C14H16FNO2/c15-11-3-1-10(2-4-11)9-13(17)7-5-12-6-8-14(18)16-12/h1-4,12H,5-9H2,(H,16,18).